The number of rotatable bonds is 7. The highest BCUT2D eigenvalue weighted by molar-refractivity contribution is 8.00. The predicted molar refractivity (Wildman–Crippen MR) is 67.6 cm³/mol. The van der Waals surface area contributed by atoms with Crippen LogP contribution < -0.4 is 11.1 Å². The molecule has 1 aliphatic rings. The smallest absolute Gasteiger partial charge is 0.230 e. The molecule has 0 aromatic heterocycles. The topological polar surface area (TPSA) is 64.4 Å². The van der Waals surface area contributed by atoms with Crippen LogP contribution in [0.5, 0.6) is 0 Å². The third-order valence-corrected chi connectivity index (χ3v) is 3.86. The van der Waals surface area contributed by atoms with Gasteiger partial charge in [0.15, 0.2) is 0 Å². The molecular weight excluding hydrogens is 224 g/mol. The van der Waals surface area contributed by atoms with Gasteiger partial charge in [0.05, 0.1) is 11.9 Å². The lowest BCUT2D eigenvalue weighted by molar-refractivity contribution is -0.119. The third-order valence-electron chi connectivity index (χ3n) is 2.62. The summed E-state index contributed by atoms with van der Waals surface area (Å²) in [6.07, 6.45) is 3.37. The van der Waals surface area contributed by atoms with Crippen molar-refractivity contribution in [2.24, 2.45) is 5.73 Å². The standard InChI is InChI=1S/C11H22N2O2S/c1-9(4-5-12)16-8-11(14)13-7-10-3-2-6-15-10/h9-10H,2-8,12H2,1H3,(H,13,14). The number of nitrogens with one attached hydrogen (secondary N) is 1. The number of carbonyl (C=O) groups is 1. The molecule has 1 fully saturated rings. The van der Waals surface area contributed by atoms with Crippen molar-refractivity contribution in [1.82, 2.24) is 5.32 Å². The molecule has 1 aliphatic heterocycles. The van der Waals surface area contributed by atoms with Crippen LogP contribution in [0.3, 0.4) is 0 Å². The summed E-state index contributed by atoms with van der Waals surface area (Å²) < 4.78 is 5.43. The first-order valence-corrected chi connectivity index (χ1v) is 6.97. The summed E-state index contributed by atoms with van der Waals surface area (Å²) in [6.45, 7) is 4.28. The Balaban J connectivity index is 2.01. The van der Waals surface area contributed by atoms with Crippen LogP contribution in [0, 0.1) is 0 Å². The zero-order chi connectivity index (χ0) is 11.8. The van der Waals surface area contributed by atoms with Crippen LogP contribution >= 0.6 is 11.8 Å². The second-order valence-corrected chi connectivity index (χ2v) is 5.56. The average molecular weight is 246 g/mol. The monoisotopic (exact) mass is 246 g/mol. The first-order valence-electron chi connectivity index (χ1n) is 5.92. The molecule has 5 heteroatoms. The largest absolute Gasteiger partial charge is 0.376 e. The molecule has 1 saturated heterocycles. The molecule has 0 saturated carbocycles. The maximum absolute atomic E-state index is 11.5. The first kappa shape index (κ1) is 13.8. The van der Waals surface area contributed by atoms with E-state index >= 15 is 0 Å². The number of hydrogen-bond donors (Lipinski definition) is 2. The Kier molecular flexibility index (Phi) is 6.84. The van der Waals surface area contributed by atoms with Crippen LogP contribution in [0.2, 0.25) is 0 Å². The van der Waals surface area contributed by atoms with Gasteiger partial charge in [0.2, 0.25) is 5.91 Å². The third kappa shape index (κ3) is 5.72. The minimum atomic E-state index is 0.101. The molecule has 0 spiro atoms. The molecule has 0 bridgehead atoms. The quantitative estimate of drug-likeness (QED) is 0.696. The molecular formula is C11H22N2O2S. The SMILES string of the molecule is CC(CCN)SCC(=O)NCC1CCCO1. The van der Waals surface area contributed by atoms with Crippen LogP contribution in [0.25, 0.3) is 0 Å². The zero-order valence-corrected chi connectivity index (χ0v) is 10.7. The second-order valence-electron chi connectivity index (χ2n) is 4.14. The van der Waals surface area contributed by atoms with Gasteiger partial charge in [0.1, 0.15) is 0 Å². The first-order chi connectivity index (χ1) is 7.72. The van der Waals surface area contributed by atoms with Gasteiger partial charge in [0.25, 0.3) is 0 Å². The molecule has 0 aromatic carbocycles. The summed E-state index contributed by atoms with van der Waals surface area (Å²) in [5, 5.41) is 3.36. The van der Waals surface area contributed by atoms with E-state index in [0.29, 0.717) is 24.1 Å². The molecule has 0 aliphatic carbocycles. The van der Waals surface area contributed by atoms with Gasteiger partial charge in [-0.1, -0.05) is 6.92 Å². The normalized spacial score (nSPS) is 22.0. The number of thioether (sulfide) groups is 1. The molecule has 16 heavy (non-hydrogen) atoms. The fraction of sp³-hybridized carbons (Fsp3) is 0.909. The lowest BCUT2D eigenvalue weighted by Gasteiger charge is -2.12. The van der Waals surface area contributed by atoms with Crippen LogP contribution in [-0.4, -0.2) is 42.7 Å². The van der Waals surface area contributed by atoms with E-state index in [-0.39, 0.29) is 12.0 Å². The number of amides is 1. The van der Waals surface area contributed by atoms with Crippen LogP contribution in [0.1, 0.15) is 26.2 Å². The number of hydrogen-bond acceptors (Lipinski definition) is 4. The maximum atomic E-state index is 11.5. The van der Waals surface area contributed by atoms with Crippen LogP contribution in [0.15, 0.2) is 0 Å². The van der Waals surface area contributed by atoms with E-state index in [1.807, 2.05) is 0 Å². The molecule has 1 rings (SSSR count). The van der Waals surface area contributed by atoms with Crippen molar-refractivity contribution < 1.29 is 9.53 Å². The highest BCUT2D eigenvalue weighted by Crippen LogP contribution is 2.13. The average Bonchev–Trinajstić information content (AvgIpc) is 2.77. The second kappa shape index (κ2) is 7.92. The van der Waals surface area contributed by atoms with Gasteiger partial charge in [-0.05, 0) is 25.8 Å². The molecule has 1 heterocycles. The number of nitrogens with two attached hydrogens (primary N) is 1. The van der Waals surface area contributed by atoms with Gasteiger partial charge in [0, 0.05) is 18.4 Å². The summed E-state index contributed by atoms with van der Waals surface area (Å²) >= 11 is 1.66. The Bertz CT molecular complexity index is 208. The van der Waals surface area contributed by atoms with Crippen molar-refractivity contribution in [3.05, 3.63) is 0 Å². The number of carbonyl (C=O) groups excluding carboxylic acids is 1. The lowest BCUT2D eigenvalue weighted by atomic mass is 10.2. The Morgan fingerprint density at radius 3 is 3.12 bits per heavy atom. The van der Waals surface area contributed by atoms with Crippen LogP contribution in [-0.2, 0) is 9.53 Å². The maximum Gasteiger partial charge on any atom is 0.230 e. The Morgan fingerprint density at radius 2 is 2.50 bits per heavy atom. The van der Waals surface area contributed by atoms with E-state index in [1.54, 1.807) is 11.8 Å². The molecule has 0 radical (unpaired) electrons. The lowest BCUT2D eigenvalue weighted by Crippen LogP contribution is -2.33. The van der Waals surface area contributed by atoms with Gasteiger partial charge in [-0.25, -0.2) is 0 Å². The van der Waals surface area contributed by atoms with E-state index in [9.17, 15) is 4.79 Å². The van der Waals surface area contributed by atoms with Crippen molar-refractivity contribution in [3.8, 4) is 0 Å². The minimum Gasteiger partial charge on any atom is -0.376 e. The molecule has 2 unspecified atom stereocenters. The van der Waals surface area contributed by atoms with E-state index in [0.717, 1.165) is 25.9 Å². The summed E-state index contributed by atoms with van der Waals surface area (Å²) in [5.41, 5.74) is 5.45. The van der Waals surface area contributed by atoms with E-state index < -0.39 is 0 Å². The van der Waals surface area contributed by atoms with Crippen molar-refractivity contribution in [2.75, 3.05) is 25.4 Å². The summed E-state index contributed by atoms with van der Waals surface area (Å²) in [6, 6.07) is 0. The van der Waals surface area contributed by atoms with Crippen molar-refractivity contribution in [2.45, 2.75) is 37.5 Å². The highest BCUT2D eigenvalue weighted by atomic mass is 32.2. The predicted octanol–water partition coefficient (Wildman–Crippen LogP) is 0.752. The Labute approximate surface area is 102 Å². The highest BCUT2D eigenvalue weighted by Gasteiger charge is 2.16. The van der Waals surface area contributed by atoms with E-state index in [1.165, 1.54) is 0 Å². The van der Waals surface area contributed by atoms with Crippen LogP contribution in [0.4, 0.5) is 0 Å². The van der Waals surface area contributed by atoms with E-state index in [4.69, 9.17) is 10.5 Å². The summed E-state index contributed by atoms with van der Waals surface area (Å²) in [4.78, 5) is 11.5. The number of ether oxygens (including phenoxy) is 1. The van der Waals surface area contributed by atoms with Gasteiger partial charge in [-0.2, -0.15) is 0 Å². The zero-order valence-electron chi connectivity index (χ0n) is 9.91. The summed E-state index contributed by atoms with van der Waals surface area (Å²) in [7, 11) is 0. The van der Waals surface area contributed by atoms with Crippen molar-refractivity contribution in [3.63, 3.8) is 0 Å². The molecule has 2 atom stereocenters. The fourth-order valence-corrected chi connectivity index (χ4v) is 2.46. The molecule has 0 aromatic rings. The molecule has 1 amide bonds. The van der Waals surface area contributed by atoms with Gasteiger partial charge < -0.3 is 15.8 Å². The molecule has 94 valence electrons. The fourth-order valence-electron chi connectivity index (χ4n) is 1.62. The molecule has 4 nitrogen and oxygen atoms in total. The minimum absolute atomic E-state index is 0.101. The molecule has 3 N–H and O–H groups in total. The van der Waals surface area contributed by atoms with Crippen molar-refractivity contribution in [1.29, 1.82) is 0 Å². The van der Waals surface area contributed by atoms with Gasteiger partial charge in [-0.15, -0.1) is 11.8 Å². The van der Waals surface area contributed by atoms with Gasteiger partial charge in [-0.3, -0.25) is 4.79 Å². The Morgan fingerprint density at radius 1 is 1.69 bits per heavy atom. The van der Waals surface area contributed by atoms with E-state index in [2.05, 4.69) is 12.2 Å². The van der Waals surface area contributed by atoms with Crippen molar-refractivity contribution >= 4 is 17.7 Å². The Hall–Kier alpha value is -0.260. The summed E-state index contributed by atoms with van der Waals surface area (Å²) in [5.74, 6) is 0.623. The van der Waals surface area contributed by atoms with Gasteiger partial charge >= 0.3 is 0 Å².